The molecule has 13 heavy (non-hydrogen) atoms. The number of thioether (sulfide) groups is 1. The van der Waals surface area contributed by atoms with Crippen molar-refractivity contribution in [2.45, 2.75) is 9.79 Å². The van der Waals surface area contributed by atoms with E-state index >= 15 is 0 Å². The first-order valence-corrected chi connectivity index (χ1v) is 7.56. The van der Waals surface area contributed by atoms with E-state index in [-0.39, 0.29) is 4.90 Å². The summed E-state index contributed by atoms with van der Waals surface area (Å²) in [6.07, 6.45) is 1.87. The van der Waals surface area contributed by atoms with Crippen LogP contribution in [0.4, 0.5) is 0 Å². The molecule has 0 atom stereocenters. The monoisotopic (exact) mass is 300 g/mol. The van der Waals surface area contributed by atoms with Crippen LogP contribution < -0.4 is 0 Å². The van der Waals surface area contributed by atoms with E-state index in [1.54, 1.807) is 6.07 Å². The molecule has 0 N–H and O–H groups in total. The van der Waals surface area contributed by atoms with Gasteiger partial charge in [-0.25, -0.2) is 8.42 Å². The number of benzene rings is 1. The molecule has 0 saturated heterocycles. The van der Waals surface area contributed by atoms with Crippen LogP contribution in [0.3, 0.4) is 0 Å². The Morgan fingerprint density at radius 3 is 2.54 bits per heavy atom. The van der Waals surface area contributed by atoms with Crippen LogP contribution in [0.25, 0.3) is 0 Å². The van der Waals surface area contributed by atoms with E-state index in [0.29, 0.717) is 0 Å². The summed E-state index contributed by atoms with van der Waals surface area (Å²) in [6.45, 7) is 0. The van der Waals surface area contributed by atoms with E-state index in [9.17, 15) is 8.42 Å². The van der Waals surface area contributed by atoms with Crippen LogP contribution in [0.5, 0.6) is 0 Å². The van der Waals surface area contributed by atoms with Gasteiger partial charge in [0, 0.05) is 20.1 Å². The van der Waals surface area contributed by atoms with Gasteiger partial charge in [0.1, 0.15) is 0 Å². The van der Waals surface area contributed by atoms with E-state index < -0.39 is 9.05 Å². The Morgan fingerprint density at radius 1 is 1.46 bits per heavy atom. The van der Waals surface area contributed by atoms with E-state index in [2.05, 4.69) is 15.9 Å². The van der Waals surface area contributed by atoms with Crippen molar-refractivity contribution in [3.63, 3.8) is 0 Å². The zero-order valence-electron chi connectivity index (χ0n) is 6.62. The molecule has 1 aromatic carbocycles. The highest BCUT2D eigenvalue weighted by atomic mass is 79.9. The molecule has 0 radical (unpaired) electrons. The van der Waals surface area contributed by atoms with Crippen molar-refractivity contribution in [1.82, 2.24) is 0 Å². The molecule has 6 heteroatoms. The van der Waals surface area contributed by atoms with Crippen LogP contribution in [0.15, 0.2) is 32.5 Å². The number of halogens is 2. The van der Waals surface area contributed by atoms with Crippen LogP contribution in [0, 0.1) is 0 Å². The predicted molar refractivity (Wildman–Crippen MR) is 59.0 cm³/mol. The molecule has 0 heterocycles. The van der Waals surface area contributed by atoms with Crippen molar-refractivity contribution in [1.29, 1.82) is 0 Å². The average molecular weight is 302 g/mol. The highest BCUT2D eigenvalue weighted by Gasteiger charge is 2.11. The van der Waals surface area contributed by atoms with Gasteiger partial charge >= 0.3 is 0 Å². The van der Waals surface area contributed by atoms with Crippen molar-refractivity contribution in [2.24, 2.45) is 0 Å². The van der Waals surface area contributed by atoms with Gasteiger partial charge in [-0.2, -0.15) is 0 Å². The van der Waals surface area contributed by atoms with Crippen molar-refractivity contribution in [3.05, 3.63) is 22.7 Å². The van der Waals surface area contributed by atoms with Gasteiger partial charge in [-0.15, -0.1) is 11.8 Å². The van der Waals surface area contributed by atoms with Crippen molar-refractivity contribution < 1.29 is 8.42 Å². The molecule has 0 aromatic heterocycles. The summed E-state index contributed by atoms with van der Waals surface area (Å²) < 4.78 is 22.8. The lowest BCUT2D eigenvalue weighted by atomic mass is 10.4. The topological polar surface area (TPSA) is 34.1 Å². The lowest BCUT2D eigenvalue weighted by molar-refractivity contribution is 0.609. The van der Waals surface area contributed by atoms with E-state index in [4.69, 9.17) is 10.7 Å². The molecular formula is C7H6BrClO2S2. The SMILES string of the molecule is CSc1cc(S(=O)(=O)Cl)ccc1Br. The minimum Gasteiger partial charge on any atom is -0.207 e. The predicted octanol–water partition coefficient (Wildman–Crippen LogP) is 3.10. The third-order valence-electron chi connectivity index (χ3n) is 1.40. The normalized spacial score (nSPS) is 11.6. The summed E-state index contributed by atoms with van der Waals surface area (Å²) in [6, 6.07) is 4.67. The Morgan fingerprint density at radius 2 is 2.08 bits per heavy atom. The minimum atomic E-state index is -3.61. The summed E-state index contributed by atoms with van der Waals surface area (Å²) in [5, 5.41) is 0. The van der Waals surface area contributed by atoms with Crippen molar-refractivity contribution >= 4 is 47.4 Å². The van der Waals surface area contributed by atoms with E-state index in [1.165, 1.54) is 23.9 Å². The molecule has 0 amide bonds. The average Bonchev–Trinajstić information content (AvgIpc) is 2.03. The molecule has 0 spiro atoms. The fraction of sp³-hybridized carbons (Fsp3) is 0.143. The Balaban J connectivity index is 3.30. The molecule has 0 saturated carbocycles. The maximum Gasteiger partial charge on any atom is 0.261 e. The van der Waals surface area contributed by atoms with Crippen LogP contribution in [0.2, 0.25) is 0 Å². The van der Waals surface area contributed by atoms with Crippen LogP contribution in [-0.2, 0) is 9.05 Å². The van der Waals surface area contributed by atoms with Crippen LogP contribution >= 0.6 is 38.4 Å². The summed E-state index contributed by atoms with van der Waals surface area (Å²) in [7, 11) is 1.57. The molecule has 0 fully saturated rings. The third-order valence-corrected chi connectivity index (χ3v) is 4.49. The minimum absolute atomic E-state index is 0.127. The second-order valence-corrected chi connectivity index (χ2v) is 6.50. The zero-order valence-corrected chi connectivity index (χ0v) is 10.6. The summed E-state index contributed by atoms with van der Waals surface area (Å²) in [4.78, 5) is 0.975. The van der Waals surface area contributed by atoms with Gasteiger partial charge < -0.3 is 0 Å². The largest absolute Gasteiger partial charge is 0.261 e. The number of rotatable bonds is 2. The standard InChI is InChI=1S/C7H6BrClO2S2/c1-12-7-4-5(13(9,10)11)2-3-6(7)8/h2-4H,1H3. The fourth-order valence-electron chi connectivity index (χ4n) is 0.792. The zero-order chi connectivity index (χ0) is 10.1. The van der Waals surface area contributed by atoms with Gasteiger partial charge in [-0.1, -0.05) is 0 Å². The van der Waals surface area contributed by atoms with Gasteiger partial charge in [-0.05, 0) is 40.4 Å². The first-order valence-electron chi connectivity index (χ1n) is 3.23. The van der Waals surface area contributed by atoms with E-state index in [1.807, 2.05) is 6.26 Å². The fourth-order valence-corrected chi connectivity index (χ4v) is 2.88. The maximum atomic E-state index is 11.0. The molecule has 0 aliphatic rings. The number of hydrogen-bond acceptors (Lipinski definition) is 3. The Hall–Kier alpha value is 0.290. The van der Waals surface area contributed by atoms with Gasteiger partial charge in [0.05, 0.1) is 4.90 Å². The molecule has 72 valence electrons. The first-order chi connectivity index (χ1) is 5.95. The molecule has 1 rings (SSSR count). The quantitative estimate of drug-likeness (QED) is 0.622. The van der Waals surface area contributed by atoms with E-state index in [0.717, 1.165) is 9.37 Å². The van der Waals surface area contributed by atoms with Gasteiger partial charge in [0.25, 0.3) is 9.05 Å². The molecule has 0 aliphatic carbocycles. The molecule has 0 bridgehead atoms. The highest BCUT2D eigenvalue weighted by Crippen LogP contribution is 2.29. The molecule has 2 nitrogen and oxygen atoms in total. The Labute approximate surface area is 94.2 Å². The van der Waals surface area contributed by atoms with Gasteiger partial charge in [0.15, 0.2) is 0 Å². The first kappa shape index (κ1) is 11.4. The smallest absolute Gasteiger partial charge is 0.207 e. The van der Waals surface area contributed by atoms with Crippen LogP contribution in [0.1, 0.15) is 0 Å². The van der Waals surface area contributed by atoms with Gasteiger partial charge in [0.2, 0.25) is 0 Å². The summed E-state index contributed by atoms with van der Waals surface area (Å²) in [5.74, 6) is 0. The lowest BCUT2D eigenvalue weighted by Gasteiger charge is -2.02. The summed E-state index contributed by atoms with van der Waals surface area (Å²) >= 11 is 4.75. The lowest BCUT2D eigenvalue weighted by Crippen LogP contribution is -1.90. The van der Waals surface area contributed by atoms with Gasteiger partial charge in [-0.3, -0.25) is 0 Å². The molecular weight excluding hydrogens is 296 g/mol. The number of hydrogen-bond donors (Lipinski definition) is 0. The second-order valence-electron chi connectivity index (χ2n) is 2.23. The molecule has 0 unspecified atom stereocenters. The summed E-state index contributed by atoms with van der Waals surface area (Å²) in [5.41, 5.74) is 0. The Kier molecular flexibility index (Phi) is 3.68. The maximum absolute atomic E-state index is 11.0. The van der Waals surface area contributed by atoms with Crippen LogP contribution in [-0.4, -0.2) is 14.7 Å². The third kappa shape index (κ3) is 2.87. The van der Waals surface area contributed by atoms with Crippen molar-refractivity contribution in [3.8, 4) is 0 Å². The second kappa shape index (κ2) is 4.21. The Bertz CT molecular complexity index is 417. The molecule has 0 aliphatic heterocycles. The highest BCUT2D eigenvalue weighted by molar-refractivity contribution is 9.10. The van der Waals surface area contributed by atoms with Crippen molar-refractivity contribution in [2.75, 3.05) is 6.26 Å². The molecule has 1 aromatic rings.